The first-order valence-electron chi connectivity index (χ1n) is 8.44. The standard InChI is InChI=1S/C20H20N2O4S/c23-18(15-22-13-5-4-8-20(22)24)14-21-27(25,26)19-11-9-17(10-12-19)16-6-2-1-3-7-16/h1-13,18,21,23H,14-15H2. The normalized spacial score (nSPS) is 12.6. The maximum Gasteiger partial charge on any atom is 0.250 e. The summed E-state index contributed by atoms with van der Waals surface area (Å²) in [5.74, 6) is 0. The largest absolute Gasteiger partial charge is 0.390 e. The van der Waals surface area contributed by atoms with Crippen molar-refractivity contribution in [3.05, 3.63) is 89.3 Å². The second-order valence-corrected chi connectivity index (χ2v) is 7.85. The minimum absolute atomic E-state index is 0.00907. The summed E-state index contributed by atoms with van der Waals surface area (Å²) in [6.45, 7) is -0.181. The number of nitrogens with zero attached hydrogens (tertiary/aromatic N) is 1. The predicted octanol–water partition coefficient (Wildman–Crippen LogP) is 1.85. The third kappa shape index (κ3) is 4.91. The summed E-state index contributed by atoms with van der Waals surface area (Å²) in [5.41, 5.74) is 1.66. The molecule has 0 bridgehead atoms. The Kier molecular flexibility index (Phi) is 5.85. The number of nitrogens with one attached hydrogen (secondary N) is 1. The van der Waals surface area contributed by atoms with Crippen molar-refractivity contribution in [3.63, 3.8) is 0 Å². The van der Waals surface area contributed by atoms with Crippen molar-refractivity contribution in [1.82, 2.24) is 9.29 Å². The highest BCUT2D eigenvalue weighted by Crippen LogP contribution is 2.20. The minimum Gasteiger partial charge on any atom is -0.390 e. The maximum atomic E-state index is 12.4. The number of aromatic nitrogens is 1. The Morgan fingerprint density at radius 2 is 1.52 bits per heavy atom. The molecular formula is C20H20N2O4S. The lowest BCUT2D eigenvalue weighted by atomic mass is 10.1. The van der Waals surface area contributed by atoms with E-state index in [0.29, 0.717) is 0 Å². The molecular weight excluding hydrogens is 364 g/mol. The molecule has 0 spiro atoms. The summed E-state index contributed by atoms with van der Waals surface area (Å²) < 4.78 is 28.5. The molecule has 7 heteroatoms. The fraction of sp³-hybridized carbons (Fsp3) is 0.150. The van der Waals surface area contributed by atoms with E-state index in [0.717, 1.165) is 11.1 Å². The zero-order chi connectivity index (χ0) is 19.3. The molecule has 27 heavy (non-hydrogen) atoms. The molecule has 140 valence electrons. The molecule has 0 saturated heterocycles. The van der Waals surface area contributed by atoms with Gasteiger partial charge in [-0.3, -0.25) is 4.79 Å². The van der Waals surface area contributed by atoms with Crippen LogP contribution < -0.4 is 10.3 Å². The van der Waals surface area contributed by atoms with E-state index in [1.807, 2.05) is 30.3 Å². The van der Waals surface area contributed by atoms with Crippen molar-refractivity contribution in [2.45, 2.75) is 17.5 Å². The van der Waals surface area contributed by atoms with Crippen molar-refractivity contribution in [2.75, 3.05) is 6.54 Å². The molecule has 3 rings (SSSR count). The fourth-order valence-electron chi connectivity index (χ4n) is 2.65. The highest BCUT2D eigenvalue weighted by molar-refractivity contribution is 7.89. The summed E-state index contributed by atoms with van der Waals surface area (Å²) in [7, 11) is -3.75. The Balaban J connectivity index is 1.64. The van der Waals surface area contributed by atoms with E-state index in [1.165, 1.54) is 22.8 Å². The molecule has 3 aromatic rings. The van der Waals surface area contributed by atoms with Crippen molar-refractivity contribution < 1.29 is 13.5 Å². The SMILES string of the molecule is O=c1ccccn1CC(O)CNS(=O)(=O)c1ccc(-c2ccccc2)cc1. The number of hydrogen-bond donors (Lipinski definition) is 2. The molecule has 6 nitrogen and oxygen atoms in total. The molecule has 2 aromatic carbocycles. The molecule has 0 aliphatic rings. The van der Waals surface area contributed by atoms with E-state index in [-0.39, 0.29) is 23.5 Å². The van der Waals surface area contributed by atoms with Crippen LogP contribution in [0.3, 0.4) is 0 Å². The van der Waals surface area contributed by atoms with Crippen LogP contribution in [-0.4, -0.2) is 30.7 Å². The van der Waals surface area contributed by atoms with Gasteiger partial charge in [-0.05, 0) is 29.3 Å². The van der Waals surface area contributed by atoms with E-state index in [1.54, 1.807) is 30.5 Å². The van der Waals surface area contributed by atoms with Crippen LogP contribution in [0.5, 0.6) is 0 Å². The Labute approximate surface area is 157 Å². The van der Waals surface area contributed by atoms with Crippen LogP contribution in [0.4, 0.5) is 0 Å². The lowest BCUT2D eigenvalue weighted by Gasteiger charge is -2.14. The molecule has 0 radical (unpaired) electrons. The molecule has 1 heterocycles. The van der Waals surface area contributed by atoms with Gasteiger partial charge in [0.1, 0.15) is 0 Å². The third-order valence-corrected chi connectivity index (χ3v) is 5.53. The number of sulfonamides is 1. The van der Waals surface area contributed by atoms with Gasteiger partial charge in [0.15, 0.2) is 0 Å². The predicted molar refractivity (Wildman–Crippen MR) is 104 cm³/mol. The first-order chi connectivity index (χ1) is 13.0. The highest BCUT2D eigenvalue weighted by atomic mass is 32.2. The smallest absolute Gasteiger partial charge is 0.250 e. The van der Waals surface area contributed by atoms with Crippen LogP contribution in [0.25, 0.3) is 11.1 Å². The molecule has 1 aromatic heterocycles. The van der Waals surface area contributed by atoms with Gasteiger partial charge in [0.2, 0.25) is 10.0 Å². The monoisotopic (exact) mass is 384 g/mol. The Morgan fingerprint density at radius 3 is 2.19 bits per heavy atom. The Morgan fingerprint density at radius 1 is 0.889 bits per heavy atom. The van der Waals surface area contributed by atoms with Crippen LogP contribution in [0.15, 0.2) is 88.7 Å². The zero-order valence-corrected chi connectivity index (χ0v) is 15.3. The van der Waals surface area contributed by atoms with Crippen LogP contribution in [0.2, 0.25) is 0 Å². The van der Waals surface area contributed by atoms with E-state index < -0.39 is 16.1 Å². The average molecular weight is 384 g/mol. The molecule has 0 fully saturated rings. The third-order valence-electron chi connectivity index (χ3n) is 4.09. The van der Waals surface area contributed by atoms with Gasteiger partial charge >= 0.3 is 0 Å². The molecule has 1 atom stereocenters. The van der Waals surface area contributed by atoms with Gasteiger partial charge in [0.25, 0.3) is 5.56 Å². The van der Waals surface area contributed by atoms with Crippen molar-refractivity contribution >= 4 is 10.0 Å². The molecule has 2 N–H and O–H groups in total. The molecule has 0 amide bonds. The van der Waals surface area contributed by atoms with Gasteiger partial charge < -0.3 is 9.67 Å². The summed E-state index contributed by atoms with van der Waals surface area (Å²) in [5, 5.41) is 10.0. The molecule has 0 aliphatic heterocycles. The van der Waals surface area contributed by atoms with Crippen molar-refractivity contribution in [2.24, 2.45) is 0 Å². The summed E-state index contributed by atoms with van der Waals surface area (Å²) in [6.07, 6.45) is 0.519. The molecule has 0 aliphatic carbocycles. The quantitative estimate of drug-likeness (QED) is 0.651. The van der Waals surface area contributed by atoms with Crippen LogP contribution in [0.1, 0.15) is 0 Å². The lowest BCUT2D eigenvalue weighted by Crippen LogP contribution is -2.36. The topological polar surface area (TPSA) is 88.4 Å². The highest BCUT2D eigenvalue weighted by Gasteiger charge is 2.16. The first kappa shape index (κ1) is 19.0. The number of hydrogen-bond acceptors (Lipinski definition) is 4. The number of benzene rings is 2. The summed E-state index contributed by atoms with van der Waals surface area (Å²) >= 11 is 0. The van der Waals surface area contributed by atoms with Gasteiger partial charge in [0, 0.05) is 18.8 Å². The van der Waals surface area contributed by atoms with E-state index >= 15 is 0 Å². The summed E-state index contributed by atoms with van der Waals surface area (Å²) in [4.78, 5) is 11.8. The number of pyridine rings is 1. The van der Waals surface area contributed by atoms with Crippen LogP contribution in [0, 0.1) is 0 Å². The van der Waals surface area contributed by atoms with Gasteiger partial charge in [-0.15, -0.1) is 0 Å². The minimum atomic E-state index is -3.75. The first-order valence-corrected chi connectivity index (χ1v) is 9.93. The Bertz CT molecular complexity index is 1050. The summed E-state index contributed by atoms with van der Waals surface area (Å²) in [6, 6.07) is 20.8. The van der Waals surface area contributed by atoms with Gasteiger partial charge in [0.05, 0.1) is 17.5 Å². The van der Waals surface area contributed by atoms with Crippen molar-refractivity contribution in [1.29, 1.82) is 0 Å². The van der Waals surface area contributed by atoms with Gasteiger partial charge in [-0.25, -0.2) is 13.1 Å². The van der Waals surface area contributed by atoms with E-state index in [9.17, 15) is 18.3 Å². The lowest BCUT2D eigenvalue weighted by molar-refractivity contribution is 0.156. The number of aliphatic hydroxyl groups is 1. The maximum absolute atomic E-state index is 12.4. The molecule has 1 unspecified atom stereocenters. The Hall–Kier alpha value is -2.74. The zero-order valence-electron chi connectivity index (χ0n) is 14.5. The average Bonchev–Trinajstić information content (AvgIpc) is 2.69. The van der Waals surface area contributed by atoms with Gasteiger partial charge in [-0.2, -0.15) is 0 Å². The second-order valence-electron chi connectivity index (χ2n) is 6.09. The van der Waals surface area contributed by atoms with Crippen LogP contribution >= 0.6 is 0 Å². The number of aliphatic hydroxyl groups excluding tert-OH is 1. The van der Waals surface area contributed by atoms with E-state index in [2.05, 4.69) is 4.72 Å². The fourth-order valence-corrected chi connectivity index (χ4v) is 3.72. The number of rotatable bonds is 7. The van der Waals surface area contributed by atoms with Crippen LogP contribution in [-0.2, 0) is 16.6 Å². The van der Waals surface area contributed by atoms with Crippen molar-refractivity contribution in [3.8, 4) is 11.1 Å². The molecule has 0 saturated carbocycles. The second kappa shape index (κ2) is 8.30. The van der Waals surface area contributed by atoms with E-state index in [4.69, 9.17) is 0 Å². The van der Waals surface area contributed by atoms with Gasteiger partial charge in [-0.1, -0.05) is 48.5 Å².